The van der Waals surface area contributed by atoms with Gasteiger partial charge in [0, 0.05) is 18.9 Å². The van der Waals surface area contributed by atoms with Crippen molar-refractivity contribution in [2.75, 3.05) is 0 Å². The summed E-state index contributed by atoms with van der Waals surface area (Å²) in [7, 11) is -3.45. The van der Waals surface area contributed by atoms with Crippen LogP contribution in [-0.4, -0.2) is 18.4 Å². The van der Waals surface area contributed by atoms with E-state index in [1.54, 1.807) is 18.5 Å². The summed E-state index contributed by atoms with van der Waals surface area (Å²) in [6.45, 7) is 2.30. The SMILES string of the molecule is CCC(NS(=O)(=O)Cc1cccc(CN)c1)c1ncc[nH]1. The van der Waals surface area contributed by atoms with Crippen LogP contribution in [0.4, 0.5) is 0 Å². The lowest BCUT2D eigenvalue weighted by molar-refractivity contribution is 0.538. The highest BCUT2D eigenvalue weighted by molar-refractivity contribution is 7.88. The second-order valence-corrected chi connectivity index (χ2v) is 6.59. The van der Waals surface area contributed by atoms with Crippen LogP contribution < -0.4 is 10.5 Å². The van der Waals surface area contributed by atoms with Gasteiger partial charge in [-0.25, -0.2) is 18.1 Å². The number of hydrogen-bond acceptors (Lipinski definition) is 4. The minimum Gasteiger partial charge on any atom is -0.347 e. The van der Waals surface area contributed by atoms with E-state index in [-0.39, 0.29) is 11.8 Å². The number of nitrogens with two attached hydrogens (primary N) is 1. The van der Waals surface area contributed by atoms with Crippen LogP contribution in [-0.2, 0) is 22.3 Å². The Bertz CT molecular complexity index is 668. The average molecular weight is 308 g/mol. The fourth-order valence-electron chi connectivity index (χ4n) is 2.12. The summed E-state index contributed by atoms with van der Waals surface area (Å²) in [5.41, 5.74) is 7.21. The van der Waals surface area contributed by atoms with Gasteiger partial charge < -0.3 is 10.7 Å². The summed E-state index contributed by atoms with van der Waals surface area (Å²) in [5, 5.41) is 0. The first-order chi connectivity index (χ1) is 10.0. The Morgan fingerprint density at radius 1 is 1.38 bits per heavy atom. The average Bonchev–Trinajstić information content (AvgIpc) is 2.98. The number of aromatic nitrogens is 2. The van der Waals surface area contributed by atoms with Gasteiger partial charge in [-0.15, -0.1) is 0 Å². The molecule has 114 valence electrons. The normalized spacial score (nSPS) is 13.2. The number of H-pyrrole nitrogens is 1. The first kappa shape index (κ1) is 15.7. The van der Waals surface area contributed by atoms with Crippen molar-refractivity contribution in [1.82, 2.24) is 14.7 Å². The van der Waals surface area contributed by atoms with Crippen LogP contribution in [0.2, 0.25) is 0 Å². The van der Waals surface area contributed by atoms with Crippen LogP contribution in [0.3, 0.4) is 0 Å². The molecule has 2 rings (SSSR count). The summed E-state index contributed by atoms with van der Waals surface area (Å²) in [5.74, 6) is 0.551. The van der Waals surface area contributed by atoms with Crippen LogP contribution in [0, 0.1) is 0 Å². The van der Waals surface area contributed by atoms with Crippen LogP contribution >= 0.6 is 0 Å². The summed E-state index contributed by atoms with van der Waals surface area (Å²) >= 11 is 0. The van der Waals surface area contributed by atoms with E-state index in [0.717, 1.165) is 11.1 Å². The van der Waals surface area contributed by atoms with E-state index in [1.807, 2.05) is 25.1 Å². The molecule has 0 aliphatic carbocycles. The summed E-state index contributed by atoms with van der Waals surface area (Å²) in [6, 6.07) is 6.94. The van der Waals surface area contributed by atoms with Crippen molar-refractivity contribution >= 4 is 10.0 Å². The Labute approximate surface area is 124 Å². The number of nitrogens with one attached hydrogen (secondary N) is 2. The topological polar surface area (TPSA) is 101 Å². The zero-order valence-corrected chi connectivity index (χ0v) is 12.7. The summed E-state index contributed by atoms with van der Waals surface area (Å²) in [4.78, 5) is 7.05. The maximum atomic E-state index is 12.3. The fraction of sp³-hybridized carbons (Fsp3) is 0.357. The zero-order chi connectivity index (χ0) is 15.3. The highest BCUT2D eigenvalue weighted by Crippen LogP contribution is 2.15. The van der Waals surface area contributed by atoms with Gasteiger partial charge >= 0.3 is 0 Å². The molecule has 4 N–H and O–H groups in total. The molecule has 21 heavy (non-hydrogen) atoms. The molecule has 0 saturated heterocycles. The minimum absolute atomic E-state index is 0.0714. The van der Waals surface area contributed by atoms with Crippen LogP contribution in [0.15, 0.2) is 36.7 Å². The fourth-order valence-corrected chi connectivity index (χ4v) is 3.54. The second kappa shape index (κ2) is 6.84. The van der Waals surface area contributed by atoms with E-state index in [4.69, 9.17) is 5.73 Å². The van der Waals surface area contributed by atoms with Crippen LogP contribution in [0.25, 0.3) is 0 Å². The Morgan fingerprint density at radius 2 is 2.14 bits per heavy atom. The maximum Gasteiger partial charge on any atom is 0.216 e. The van der Waals surface area contributed by atoms with E-state index in [2.05, 4.69) is 14.7 Å². The molecular weight excluding hydrogens is 288 g/mol. The van der Waals surface area contributed by atoms with Gasteiger partial charge in [0.2, 0.25) is 10.0 Å². The largest absolute Gasteiger partial charge is 0.347 e. The molecule has 0 amide bonds. The Kier molecular flexibility index (Phi) is 5.11. The van der Waals surface area contributed by atoms with Gasteiger partial charge in [-0.2, -0.15) is 0 Å². The number of rotatable bonds is 7. The standard InChI is InChI=1S/C14H20N4O2S/c1-2-13(14-16-6-7-17-14)18-21(19,20)10-12-5-3-4-11(8-12)9-15/h3-8,13,18H,2,9-10,15H2,1H3,(H,16,17). The molecule has 0 aliphatic heterocycles. The molecule has 2 aromatic rings. The molecule has 0 bridgehead atoms. The van der Waals surface area contributed by atoms with Gasteiger partial charge in [0.1, 0.15) is 5.82 Å². The first-order valence-electron chi connectivity index (χ1n) is 6.81. The predicted molar refractivity (Wildman–Crippen MR) is 81.7 cm³/mol. The van der Waals surface area contributed by atoms with Crippen molar-refractivity contribution in [2.45, 2.75) is 31.7 Å². The van der Waals surface area contributed by atoms with Gasteiger partial charge in [0.25, 0.3) is 0 Å². The molecule has 7 heteroatoms. The van der Waals surface area contributed by atoms with E-state index < -0.39 is 10.0 Å². The predicted octanol–water partition coefficient (Wildman–Crippen LogP) is 1.44. The maximum absolute atomic E-state index is 12.3. The van der Waals surface area contributed by atoms with Crippen LogP contribution in [0.1, 0.15) is 36.3 Å². The van der Waals surface area contributed by atoms with Crippen LogP contribution in [0.5, 0.6) is 0 Å². The number of benzene rings is 1. The summed E-state index contributed by atoms with van der Waals surface area (Å²) in [6.07, 6.45) is 3.91. The van der Waals surface area contributed by atoms with Crippen molar-refractivity contribution in [3.63, 3.8) is 0 Å². The van der Waals surface area contributed by atoms with Gasteiger partial charge in [-0.3, -0.25) is 0 Å². The third-order valence-electron chi connectivity index (χ3n) is 3.16. The van der Waals surface area contributed by atoms with Crippen molar-refractivity contribution < 1.29 is 8.42 Å². The smallest absolute Gasteiger partial charge is 0.216 e. The Balaban J connectivity index is 2.10. The summed E-state index contributed by atoms with van der Waals surface area (Å²) < 4.78 is 27.2. The van der Waals surface area contributed by atoms with Gasteiger partial charge in [0.05, 0.1) is 11.8 Å². The van der Waals surface area contributed by atoms with Crippen molar-refractivity contribution in [1.29, 1.82) is 0 Å². The van der Waals surface area contributed by atoms with E-state index in [9.17, 15) is 8.42 Å². The molecule has 1 aromatic heterocycles. The number of hydrogen-bond donors (Lipinski definition) is 3. The monoisotopic (exact) mass is 308 g/mol. The molecule has 0 saturated carbocycles. The molecule has 0 radical (unpaired) electrons. The Morgan fingerprint density at radius 3 is 2.76 bits per heavy atom. The molecule has 1 atom stereocenters. The third kappa shape index (κ3) is 4.38. The molecule has 6 nitrogen and oxygen atoms in total. The lowest BCUT2D eigenvalue weighted by Gasteiger charge is -2.15. The van der Waals surface area contributed by atoms with Crippen molar-refractivity contribution in [3.8, 4) is 0 Å². The molecule has 1 aromatic carbocycles. The van der Waals surface area contributed by atoms with Gasteiger partial charge in [-0.05, 0) is 17.5 Å². The van der Waals surface area contributed by atoms with Gasteiger partial charge in [0.15, 0.2) is 0 Å². The highest BCUT2D eigenvalue weighted by Gasteiger charge is 2.20. The first-order valence-corrected chi connectivity index (χ1v) is 8.46. The quantitative estimate of drug-likeness (QED) is 0.720. The molecule has 1 heterocycles. The number of nitrogens with zero attached hydrogens (tertiary/aromatic N) is 1. The molecular formula is C14H20N4O2S. The molecule has 0 aliphatic rings. The lowest BCUT2D eigenvalue weighted by Crippen LogP contribution is -2.30. The van der Waals surface area contributed by atoms with E-state index in [1.165, 1.54) is 0 Å². The molecule has 1 unspecified atom stereocenters. The van der Waals surface area contributed by atoms with E-state index in [0.29, 0.717) is 18.8 Å². The molecule has 0 fully saturated rings. The van der Waals surface area contributed by atoms with E-state index >= 15 is 0 Å². The third-order valence-corrected chi connectivity index (χ3v) is 4.52. The number of imidazole rings is 1. The number of sulfonamides is 1. The zero-order valence-electron chi connectivity index (χ0n) is 11.9. The molecule has 0 spiro atoms. The van der Waals surface area contributed by atoms with Gasteiger partial charge in [-0.1, -0.05) is 31.2 Å². The highest BCUT2D eigenvalue weighted by atomic mass is 32.2. The lowest BCUT2D eigenvalue weighted by atomic mass is 10.1. The minimum atomic E-state index is -3.45. The Hall–Kier alpha value is -1.70. The number of aromatic amines is 1. The second-order valence-electron chi connectivity index (χ2n) is 4.84. The van der Waals surface area contributed by atoms with Crippen molar-refractivity contribution in [3.05, 3.63) is 53.6 Å². The van der Waals surface area contributed by atoms with Crippen molar-refractivity contribution in [2.24, 2.45) is 5.73 Å².